The molecule has 0 atom stereocenters. The summed E-state index contributed by atoms with van der Waals surface area (Å²) in [7, 11) is 0. The molecule has 0 saturated heterocycles. The van der Waals surface area contributed by atoms with Crippen molar-refractivity contribution in [3.63, 3.8) is 0 Å². The number of carboxylic acid groups (broad SMARTS) is 1. The molecule has 0 aromatic heterocycles. The van der Waals surface area contributed by atoms with Crippen molar-refractivity contribution in [3.8, 4) is 5.75 Å². The van der Waals surface area contributed by atoms with E-state index in [0.29, 0.717) is 17.6 Å². The van der Waals surface area contributed by atoms with Gasteiger partial charge in [0.1, 0.15) is 12.4 Å². The molecular formula is C12H13BrO4. The highest BCUT2D eigenvalue weighted by Gasteiger charge is 2.28. The molecule has 1 aromatic carbocycles. The summed E-state index contributed by atoms with van der Waals surface area (Å²) in [6, 6.07) is 4.98. The number of aliphatic carboxylic acids is 1. The Bertz CT molecular complexity index is 440. The number of carbonyl (C=O) groups excluding carboxylic acids is 1. The summed E-state index contributed by atoms with van der Waals surface area (Å²) in [5.41, 5.74) is -0.603. The van der Waals surface area contributed by atoms with Crippen LogP contribution in [0.5, 0.6) is 5.75 Å². The zero-order chi connectivity index (χ0) is 13.1. The maximum atomic E-state index is 10.9. The second-order valence-electron chi connectivity index (χ2n) is 4.28. The lowest BCUT2D eigenvalue weighted by Gasteiger charge is -2.20. The molecule has 0 heterocycles. The van der Waals surface area contributed by atoms with E-state index in [2.05, 4.69) is 15.9 Å². The van der Waals surface area contributed by atoms with Crippen LogP contribution in [0.15, 0.2) is 22.7 Å². The van der Waals surface area contributed by atoms with E-state index >= 15 is 0 Å². The van der Waals surface area contributed by atoms with E-state index < -0.39 is 11.4 Å². The number of hydrogen-bond acceptors (Lipinski definition) is 3. The maximum absolute atomic E-state index is 10.9. The van der Waals surface area contributed by atoms with Crippen LogP contribution in [0.1, 0.15) is 24.2 Å². The van der Waals surface area contributed by atoms with Gasteiger partial charge < -0.3 is 9.84 Å². The van der Waals surface area contributed by atoms with E-state index in [0.717, 1.165) is 4.47 Å². The number of hydrogen-bond donors (Lipinski definition) is 1. The van der Waals surface area contributed by atoms with Crippen LogP contribution < -0.4 is 4.74 Å². The third kappa shape index (κ3) is 3.56. The van der Waals surface area contributed by atoms with Gasteiger partial charge in [-0.2, -0.15) is 0 Å². The molecule has 0 radical (unpaired) electrons. The molecule has 17 heavy (non-hydrogen) atoms. The minimum absolute atomic E-state index is 0.00477. The first kappa shape index (κ1) is 13.7. The van der Waals surface area contributed by atoms with Gasteiger partial charge in [-0.25, -0.2) is 0 Å². The van der Waals surface area contributed by atoms with Gasteiger partial charge in [-0.3, -0.25) is 9.59 Å². The van der Waals surface area contributed by atoms with Gasteiger partial charge in [0.2, 0.25) is 0 Å². The molecule has 4 nitrogen and oxygen atoms in total. The number of benzene rings is 1. The molecule has 0 spiro atoms. The summed E-state index contributed by atoms with van der Waals surface area (Å²) in [5.74, 6) is -0.556. The molecule has 92 valence electrons. The van der Waals surface area contributed by atoms with Gasteiger partial charge in [-0.05, 0) is 32.0 Å². The maximum Gasteiger partial charge on any atom is 0.312 e. The van der Waals surface area contributed by atoms with Crippen LogP contribution in [0.25, 0.3) is 0 Å². The Balaban J connectivity index is 2.83. The zero-order valence-electron chi connectivity index (χ0n) is 9.57. The van der Waals surface area contributed by atoms with Crippen LogP contribution in [0.3, 0.4) is 0 Å². The standard InChI is InChI=1S/C12H13BrO4/c1-12(2,11(15)16)7-17-10-4-3-9(13)5-8(10)6-14/h3-6H,7H2,1-2H3,(H,15,16). The highest BCUT2D eigenvalue weighted by Crippen LogP contribution is 2.24. The molecular weight excluding hydrogens is 288 g/mol. The van der Waals surface area contributed by atoms with Crippen molar-refractivity contribution in [1.82, 2.24) is 0 Å². The molecule has 5 heteroatoms. The predicted octanol–water partition coefficient (Wildman–Crippen LogP) is 2.75. The fourth-order valence-corrected chi connectivity index (χ4v) is 1.44. The zero-order valence-corrected chi connectivity index (χ0v) is 11.2. The average molecular weight is 301 g/mol. The molecule has 0 aliphatic carbocycles. The van der Waals surface area contributed by atoms with Crippen LogP contribution in [-0.2, 0) is 4.79 Å². The normalized spacial score (nSPS) is 11.0. The van der Waals surface area contributed by atoms with E-state index in [1.807, 2.05) is 0 Å². The van der Waals surface area contributed by atoms with Gasteiger partial charge in [-0.15, -0.1) is 0 Å². The third-order valence-electron chi connectivity index (χ3n) is 2.27. The van der Waals surface area contributed by atoms with E-state index in [9.17, 15) is 9.59 Å². The monoisotopic (exact) mass is 300 g/mol. The van der Waals surface area contributed by atoms with E-state index in [4.69, 9.17) is 9.84 Å². The molecule has 0 amide bonds. The second kappa shape index (κ2) is 5.31. The van der Waals surface area contributed by atoms with E-state index in [1.54, 1.807) is 32.0 Å². The Morgan fingerprint density at radius 3 is 2.71 bits per heavy atom. The molecule has 0 aliphatic heterocycles. The van der Waals surface area contributed by atoms with Crippen molar-refractivity contribution in [1.29, 1.82) is 0 Å². The van der Waals surface area contributed by atoms with Gasteiger partial charge >= 0.3 is 5.97 Å². The van der Waals surface area contributed by atoms with Gasteiger partial charge in [0.25, 0.3) is 0 Å². The van der Waals surface area contributed by atoms with Crippen molar-refractivity contribution in [2.75, 3.05) is 6.61 Å². The Morgan fingerprint density at radius 1 is 1.53 bits per heavy atom. The summed E-state index contributed by atoms with van der Waals surface area (Å²) in [5, 5.41) is 8.93. The van der Waals surface area contributed by atoms with Crippen LogP contribution in [0.2, 0.25) is 0 Å². The van der Waals surface area contributed by atoms with Crippen molar-refractivity contribution in [3.05, 3.63) is 28.2 Å². The van der Waals surface area contributed by atoms with Gasteiger partial charge in [-0.1, -0.05) is 15.9 Å². The topological polar surface area (TPSA) is 63.6 Å². The van der Waals surface area contributed by atoms with Crippen molar-refractivity contribution >= 4 is 28.2 Å². The Morgan fingerprint density at radius 2 is 2.18 bits per heavy atom. The first-order chi connectivity index (χ1) is 7.86. The lowest BCUT2D eigenvalue weighted by atomic mass is 9.95. The summed E-state index contributed by atoms with van der Waals surface area (Å²) >= 11 is 3.24. The summed E-state index contributed by atoms with van der Waals surface area (Å²) in [6.07, 6.45) is 0.674. The van der Waals surface area contributed by atoms with Crippen molar-refractivity contribution < 1.29 is 19.4 Å². The number of aldehydes is 1. The van der Waals surface area contributed by atoms with Crippen LogP contribution in [-0.4, -0.2) is 24.0 Å². The number of carboxylic acids is 1. The van der Waals surface area contributed by atoms with E-state index in [1.165, 1.54) is 0 Å². The Hall–Kier alpha value is -1.36. The van der Waals surface area contributed by atoms with Crippen LogP contribution >= 0.6 is 15.9 Å². The molecule has 1 rings (SSSR count). The second-order valence-corrected chi connectivity index (χ2v) is 5.19. The third-order valence-corrected chi connectivity index (χ3v) is 2.76. The SMILES string of the molecule is CC(C)(COc1ccc(Br)cc1C=O)C(=O)O. The Labute approximate surface area is 108 Å². The lowest BCUT2D eigenvalue weighted by Crippen LogP contribution is -2.30. The summed E-state index contributed by atoms with van der Waals surface area (Å²) in [4.78, 5) is 21.7. The minimum Gasteiger partial charge on any atom is -0.492 e. The molecule has 0 bridgehead atoms. The first-order valence-corrected chi connectivity index (χ1v) is 5.77. The van der Waals surface area contributed by atoms with Crippen molar-refractivity contribution in [2.24, 2.45) is 5.41 Å². The average Bonchev–Trinajstić information content (AvgIpc) is 2.27. The molecule has 1 N–H and O–H groups in total. The van der Waals surface area contributed by atoms with Gasteiger partial charge in [0, 0.05) is 4.47 Å². The molecule has 0 fully saturated rings. The first-order valence-electron chi connectivity index (χ1n) is 4.98. The molecule has 0 unspecified atom stereocenters. The smallest absolute Gasteiger partial charge is 0.312 e. The fourth-order valence-electron chi connectivity index (χ4n) is 1.06. The van der Waals surface area contributed by atoms with Crippen LogP contribution in [0, 0.1) is 5.41 Å². The van der Waals surface area contributed by atoms with E-state index in [-0.39, 0.29) is 6.61 Å². The number of ether oxygens (including phenoxy) is 1. The largest absolute Gasteiger partial charge is 0.492 e. The highest BCUT2D eigenvalue weighted by molar-refractivity contribution is 9.10. The molecule has 1 aromatic rings. The lowest BCUT2D eigenvalue weighted by molar-refractivity contribution is -0.148. The predicted molar refractivity (Wildman–Crippen MR) is 66.4 cm³/mol. The summed E-state index contributed by atoms with van der Waals surface area (Å²) in [6.45, 7) is 3.13. The highest BCUT2D eigenvalue weighted by atomic mass is 79.9. The Kier molecular flexibility index (Phi) is 4.28. The number of halogens is 1. The van der Waals surface area contributed by atoms with Gasteiger partial charge in [0.05, 0.1) is 11.0 Å². The molecule has 0 saturated carbocycles. The number of rotatable bonds is 5. The number of carbonyl (C=O) groups is 2. The van der Waals surface area contributed by atoms with Crippen molar-refractivity contribution in [2.45, 2.75) is 13.8 Å². The molecule has 0 aliphatic rings. The van der Waals surface area contributed by atoms with Crippen LogP contribution in [0.4, 0.5) is 0 Å². The fraction of sp³-hybridized carbons (Fsp3) is 0.333. The quantitative estimate of drug-likeness (QED) is 0.849. The minimum atomic E-state index is -0.993. The summed E-state index contributed by atoms with van der Waals surface area (Å²) < 4.78 is 6.14. The van der Waals surface area contributed by atoms with Gasteiger partial charge in [0.15, 0.2) is 6.29 Å².